The van der Waals surface area contributed by atoms with Crippen LogP contribution in [0.2, 0.25) is 0 Å². The van der Waals surface area contributed by atoms with Crippen LogP contribution in [0.15, 0.2) is 48.1 Å². The van der Waals surface area contributed by atoms with Gasteiger partial charge in [0.05, 0.1) is 6.20 Å². The maximum Gasteiger partial charge on any atom is 0.241 e. The first-order valence-electron chi connectivity index (χ1n) is 11.6. The molecule has 0 radical (unpaired) electrons. The molecule has 0 unspecified atom stereocenters. The molecule has 37 heavy (non-hydrogen) atoms. The third kappa shape index (κ3) is 4.72. The molecule has 3 heterocycles. The Kier molecular flexibility index (Phi) is 5.56. The van der Waals surface area contributed by atoms with Gasteiger partial charge in [-0.1, -0.05) is 0 Å². The minimum Gasteiger partial charge on any atom is -0.434 e. The Morgan fingerprint density at radius 2 is 1.89 bits per heavy atom. The van der Waals surface area contributed by atoms with E-state index in [0.29, 0.717) is 29.4 Å². The number of thiazole rings is 1. The maximum atomic E-state index is 14.8. The number of ether oxygens (including phenoxy) is 1. The smallest absolute Gasteiger partial charge is 0.241 e. The minimum atomic E-state index is -1.20. The van der Waals surface area contributed by atoms with Crippen LogP contribution in [-0.2, 0) is 14.4 Å². The number of hydrogen-bond donors (Lipinski definition) is 3. The monoisotopic (exact) mass is 521 g/mol. The van der Waals surface area contributed by atoms with E-state index in [-0.39, 0.29) is 29.1 Å². The van der Waals surface area contributed by atoms with E-state index in [4.69, 9.17) is 4.74 Å². The zero-order valence-corrected chi connectivity index (χ0v) is 20.0. The van der Waals surface area contributed by atoms with Crippen molar-refractivity contribution in [1.29, 1.82) is 0 Å². The molecular formula is C24H20FN7O4S. The highest BCUT2D eigenvalue weighted by Gasteiger charge is 2.56. The van der Waals surface area contributed by atoms with Crippen LogP contribution >= 0.6 is 11.3 Å². The van der Waals surface area contributed by atoms with Crippen molar-refractivity contribution in [3.05, 3.63) is 53.9 Å². The molecule has 3 amide bonds. The Hall–Kier alpha value is -4.39. The first kappa shape index (κ1) is 23.0. The van der Waals surface area contributed by atoms with Crippen LogP contribution in [0.1, 0.15) is 25.7 Å². The number of imidazole rings is 1. The molecule has 2 aliphatic rings. The largest absolute Gasteiger partial charge is 0.434 e. The number of hydrogen-bond acceptors (Lipinski definition) is 8. The van der Waals surface area contributed by atoms with E-state index >= 15 is 0 Å². The summed E-state index contributed by atoms with van der Waals surface area (Å²) >= 11 is 1.26. The van der Waals surface area contributed by atoms with Crippen LogP contribution in [0.25, 0.3) is 5.65 Å². The number of carbonyl (C=O) groups is 3. The highest BCUT2D eigenvalue weighted by atomic mass is 32.1. The first-order chi connectivity index (χ1) is 17.9. The molecule has 0 atom stereocenters. The third-order valence-corrected chi connectivity index (χ3v) is 6.86. The normalized spacial score (nSPS) is 15.7. The molecule has 0 spiro atoms. The Bertz CT molecular complexity index is 1530. The number of nitrogens with zero attached hydrogens (tertiary/aromatic N) is 4. The Balaban J connectivity index is 1.11. The zero-order chi connectivity index (χ0) is 25.6. The molecule has 0 saturated heterocycles. The number of benzene rings is 1. The maximum absolute atomic E-state index is 14.8. The summed E-state index contributed by atoms with van der Waals surface area (Å²) in [7, 11) is 0. The lowest BCUT2D eigenvalue weighted by Gasteiger charge is -2.15. The number of aromatic nitrogens is 4. The lowest BCUT2D eigenvalue weighted by molar-refractivity contribution is -0.131. The summed E-state index contributed by atoms with van der Waals surface area (Å²) in [5.74, 6) is -1.31. The van der Waals surface area contributed by atoms with E-state index in [1.807, 2.05) is 0 Å². The van der Waals surface area contributed by atoms with Gasteiger partial charge < -0.3 is 20.7 Å². The van der Waals surface area contributed by atoms with Crippen molar-refractivity contribution in [3.8, 4) is 11.6 Å². The fourth-order valence-electron chi connectivity index (χ4n) is 3.76. The second-order valence-electron chi connectivity index (χ2n) is 8.94. The first-order valence-corrected chi connectivity index (χ1v) is 12.4. The molecule has 2 saturated carbocycles. The average molecular weight is 522 g/mol. The van der Waals surface area contributed by atoms with Gasteiger partial charge in [-0.2, -0.15) is 0 Å². The van der Waals surface area contributed by atoms with Crippen molar-refractivity contribution in [1.82, 2.24) is 19.6 Å². The molecule has 3 N–H and O–H groups in total. The summed E-state index contributed by atoms with van der Waals surface area (Å²) in [6.07, 6.45) is 5.67. The van der Waals surface area contributed by atoms with E-state index in [1.165, 1.54) is 34.1 Å². The molecule has 2 fully saturated rings. The predicted molar refractivity (Wildman–Crippen MR) is 132 cm³/mol. The topological polar surface area (TPSA) is 140 Å². The van der Waals surface area contributed by atoms with Crippen molar-refractivity contribution in [2.75, 3.05) is 16.0 Å². The van der Waals surface area contributed by atoms with Crippen molar-refractivity contribution >= 4 is 51.3 Å². The Morgan fingerprint density at radius 1 is 1.08 bits per heavy atom. The molecule has 4 aromatic rings. The summed E-state index contributed by atoms with van der Waals surface area (Å²) in [6, 6.07) is 7.12. The van der Waals surface area contributed by atoms with Crippen LogP contribution in [0.3, 0.4) is 0 Å². The van der Waals surface area contributed by atoms with Crippen molar-refractivity contribution in [2.45, 2.75) is 25.7 Å². The van der Waals surface area contributed by atoms with Gasteiger partial charge in [0.15, 0.2) is 28.2 Å². The van der Waals surface area contributed by atoms with Gasteiger partial charge in [0, 0.05) is 35.3 Å². The van der Waals surface area contributed by atoms with E-state index < -0.39 is 23.0 Å². The van der Waals surface area contributed by atoms with E-state index in [0.717, 1.165) is 18.9 Å². The van der Waals surface area contributed by atoms with E-state index in [9.17, 15) is 18.8 Å². The average Bonchev–Trinajstić information content (AvgIpc) is 3.79. The molecule has 2 aliphatic carbocycles. The number of fused-ring (bicyclic) bond motifs is 1. The highest BCUT2D eigenvalue weighted by molar-refractivity contribution is 7.13. The minimum absolute atomic E-state index is 0.0443. The summed E-state index contributed by atoms with van der Waals surface area (Å²) in [5, 5.41) is 14.4. The summed E-state index contributed by atoms with van der Waals surface area (Å²) in [6.45, 7) is 0. The predicted octanol–water partition coefficient (Wildman–Crippen LogP) is 3.82. The number of amides is 3. The number of anilines is 3. The zero-order valence-electron chi connectivity index (χ0n) is 19.2. The van der Waals surface area contributed by atoms with Crippen molar-refractivity contribution in [2.24, 2.45) is 11.3 Å². The van der Waals surface area contributed by atoms with Crippen LogP contribution in [0.5, 0.6) is 11.6 Å². The van der Waals surface area contributed by atoms with Crippen LogP contribution in [0.4, 0.5) is 21.0 Å². The highest BCUT2D eigenvalue weighted by Crippen LogP contribution is 2.47. The molecular weight excluding hydrogens is 501 g/mol. The third-order valence-electron chi connectivity index (χ3n) is 6.17. The Morgan fingerprint density at radius 3 is 2.59 bits per heavy atom. The van der Waals surface area contributed by atoms with Gasteiger partial charge >= 0.3 is 0 Å². The second-order valence-corrected chi connectivity index (χ2v) is 9.83. The standard InChI is InChI=1S/C24H20FN7O4S/c25-15-11-14(27-21(34)24(7-8-24)22(35)30-23-26-9-10-37-23)3-4-16(15)36-19-6-5-18-28-17(12-32(18)31-19)29-20(33)13-1-2-13/h3-6,9-13H,1-2,7-8H2,(H,27,34)(H,29,33)(H,26,30,35). The molecule has 13 heteroatoms. The molecule has 11 nitrogen and oxygen atoms in total. The number of carbonyl (C=O) groups excluding carboxylic acids is 3. The van der Waals surface area contributed by atoms with Gasteiger partial charge in [-0.3, -0.25) is 14.4 Å². The molecule has 6 rings (SSSR count). The molecule has 0 bridgehead atoms. The fourth-order valence-corrected chi connectivity index (χ4v) is 4.29. The van der Waals surface area contributed by atoms with Gasteiger partial charge in [0.1, 0.15) is 5.41 Å². The summed E-state index contributed by atoms with van der Waals surface area (Å²) < 4.78 is 21.8. The van der Waals surface area contributed by atoms with Gasteiger partial charge in [-0.05, 0) is 43.9 Å². The van der Waals surface area contributed by atoms with Gasteiger partial charge in [0.2, 0.25) is 23.6 Å². The van der Waals surface area contributed by atoms with Crippen LogP contribution in [0, 0.1) is 17.2 Å². The molecule has 3 aromatic heterocycles. The quantitative estimate of drug-likeness (QED) is 0.300. The summed E-state index contributed by atoms with van der Waals surface area (Å²) in [5.41, 5.74) is -0.513. The molecule has 0 aliphatic heterocycles. The number of rotatable bonds is 8. The van der Waals surface area contributed by atoms with E-state index in [1.54, 1.807) is 23.8 Å². The van der Waals surface area contributed by atoms with Gasteiger partial charge in [-0.15, -0.1) is 16.4 Å². The number of nitrogens with one attached hydrogen (secondary N) is 3. The van der Waals surface area contributed by atoms with Crippen molar-refractivity contribution < 1.29 is 23.5 Å². The Labute approximate surface area is 213 Å². The number of halogens is 1. The summed E-state index contributed by atoms with van der Waals surface area (Å²) in [4.78, 5) is 45.6. The second kappa shape index (κ2) is 8.92. The van der Waals surface area contributed by atoms with Crippen LogP contribution < -0.4 is 20.7 Å². The lowest BCUT2D eigenvalue weighted by atomic mass is 10.1. The molecule has 1 aromatic carbocycles. The fraction of sp³-hybridized carbons (Fsp3) is 0.250. The van der Waals surface area contributed by atoms with Gasteiger partial charge in [-0.25, -0.2) is 18.9 Å². The van der Waals surface area contributed by atoms with E-state index in [2.05, 4.69) is 31.0 Å². The lowest BCUT2D eigenvalue weighted by Crippen LogP contribution is -2.35. The molecule has 188 valence electrons. The SMILES string of the molecule is O=C(Nc1cn2nc(Oc3ccc(NC(=O)C4(C(=O)Nc5nccs5)CC4)cc3F)ccc2n1)C1CC1. The van der Waals surface area contributed by atoms with Gasteiger partial charge in [0.25, 0.3) is 0 Å². The van der Waals surface area contributed by atoms with Crippen LogP contribution in [-0.4, -0.2) is 37.3 Å². The van der Waals surface area contributed by atoms with Crippen molar-refractivity contribution in [3.63, 3.8) is 0 Å².